The Labute approximate surface area is 85.3 Å². The van der Waals surface area contributed by atoms with Gasteiger partial charge in [-0.25, -0.2) is 4.79 Å². The van der Waals surface area contributed by atoms with E-state index in [2.05, 4.69) is 0 Å². The number of methoxy groups -OCH3 is 1. The van der Waals surface area contributed by atoms with Gasteiger partial charge in [-0.05, 0) is 11.6 Å². The average Bonchev–Trinajstić information content (AvgIpc) is 2.18. The topological polar surface area (TPSA) is 46.5 Å². The minimum atomic E-state index is -3.86. The number of carboxylic acid groups (broad SMARTS) is 1. The molecule has 0 atom stereocenters. The van der Waals surface area contributed by atoms with Gasteiger partial charge in [0, 0.05) is 12.7 Å². The van der Waals surface area contributed by atoms with Gasteiger partial charge in [0.1, 0.15) is 0 Å². The Bertz CT molecular complexity index is 363. The first-order chi connectivity index (χ1) is 6.98. The van der Waals surface area contributed by atoms with Crippen LogP contribution in [0.1, 0.15) is 11.1 Å². The predicted molar refractivity (Wildman–Crippen MR) is 48.7 cm³/mol. The van der Waals surface area contributed by atoms with Crippen LogP contribution in [0.5, 0.6) is 0 Å². The van der Waals surface area contributed by atoms with E-state index in [9.17, 15) is 13.6 Å². The average molecular weight is 216 g/mol. The number of rotatable bonds is 4. The zero-order valence-electron chi connectivity index (χ0n) is 8.04. The van der Waals surface area contributed by atoms with Crippen LogP contribution in [0.3, 0.4) is 0 Å². The van der Waals surface area contributed by atoms with Crippen molar-refractivity contribution in [1.82, 2.24) is 0 Å². The van der Waals surface area contributed by atoms with Gasteiger partial charge in [-0.15, -0.1) is 0 Å². The molecule has 5 heteroatoms. The number of carboxylic acids is 1. The SMILES string of the molecule is COCc1cccc(C(F)(F)C(=O)O)c1. The van der Waals surface area contributed by atoms with Crippen LogP contribution in [-0.2, 0) is 22.1 Å². The summed E-state index contributed by atoms with van der Waals surface area (Å²) in [5, 5.41) is 8.33. The smallest absolute Gasteiger partial charge is 0.379 e. The molecule has 1 aromatic rings. The predicted octanol–water partition coefficient (Wildman–Crippen LogP) is 2.01. The number of benzene rings is 1. The Hall–Kier alpha value is -1.49. The summed E-state index contributed by atoms with van der Waals surface area (Å²) in [6.45, 7) is 0.170. The molecule has 3 nitrogen and oxygen atoms in total. The lowest BCUT2D eigenvalue weighted by atomic mass is 10.1. The van der Waals surface area contributed by atoms with Crippen LogP contribution < -0.4 is 0 Å². The molecule has 0 unspecified atom stereocenters. The maximum absolute atomic E-state index is 13.1. The number of alkyl halides is 2. The summed E-state index contributed by atoms with van der Waals surface area (Å²) in [4.78, 5) is 10.3. The maximum atomic E-state index is 13.1. The fourth-order valence-corrected chi connectivity index (χ4v) is 1.15. The third-order valence-electron chi connectivity index (χ3n) is 1.87. The molecule has 0 bridgehead atoms. The van der Waals surface area contributed by atoms with Crippen molar-refractivity contribution in [2.75, 3.05) is 7.11 Å². The first-order valence-electron chi connectivity index (χ1n) is 4.18. The van der Waals surface area contributed by atoms with E-state index in [-0.39, 0.29) is 6.61 Å². The number of hydrogen-bond acceptors (Lipinski definition) is 2. The lowest BCUT2D eigenvalue weighted by Crippen LogP contribution is -2.25. The molecule has 0 aliphatic heterocycles. The minimum Gasteiger partial charge on any atom is -0.477 e. The largest absolute Gasteiger partial charge is 0.477 e. The highest BCUT2D eigenvalue weighted by atomic mass is 19.3. The number of carbonyl (C=O) groups is 1. The molecule has 0 radical (unpaired) electrons. The normalized spacial score (nSPS) is 11.4. The van der Waals surface area contributed by atoms with Crippen molar-refractivity contribution < 1.29 is 23.4 Å². The van der Waals surface area contributed by atoms with Gasteiger partial charge < -0.3 is 9.84 Å². The van der Waals surface area contributed by atoms with Crippen molar-refractivity contribution in [1.29, 1.82) is 0 Å². The lowest BCUT2D eigenvalue weighted by molar-refractivity contribution is -0.166. The van der Waals surface area contributed by atoms with Gasteiger partial charge in [0.15, 0.2) is 0 Å². The number of halogens is 2. The summed E-state index contributed by atoms with van der Waals surface area (Å²) >= 11 is 0. The van der Waals surface area contributed by atoms with Crippen molar-refractivity contribution in [3.05, 3.63) is 35.4 Å². The molecule has 0 aliphatic rings. The summed E-state index contributed by atoms with van der Waals surface area (Å²) in [6, 6.07) is 5.16. The van der Waals surface area contributed by atoms with Crippen LogP contribution in [0, 0.1) is 0 Å². The molecule has 0 spiro atoms. The van der Waals surface area contributed by atoms with E-state index >= 15 is 0 Å². The lowest BCUT2D eigenvalue weighted by Gasteiger charge is -2.12. The van der Waals surface area contributed by atoms with Crippen molar-refractivity contribution in [3.8, 4) is 0 Å². The van der Waals surface area contributed by atoms with Crippen LogP contribution in [0.4, 0.5) is 8.78 Å². The Morgan fingerprint density at radius 3 is 2.73 bits per heavy atom. The van der Waals surface area contributed by atoms with Crippen LogP contribution >= 0.6 is 0 Å². The van der Waals surface area contributed by atoms with Crippen LogP contribution in [0.2, 0.25) is 0 Å². The van der Waals surface area contributed by atoms with Gasteiger partial charge in [0.25, 0.3) is 0 Å². The number of aliphatic carboxylic acids is 1. The monoisotopic (exact) mass is 216 g/mol. The molecule has 15 heavy (non-hydrogen) atoms. The fourth-order valence-electron chi connectivity index (χ4n) is 1.15. The molecule has 0 fully saturated rings. The van der Waals surface area contributed by atoms with Crippen molar-refractivity contribution >= 4 is 5.97 Å². The Morgan fingerprint density at radius 1 is 1.53 bits per heavy atom. The van der Waals surface area contributed by atoms with Crippen molar-refractivity contribution in [2.24, 2.45) is 0 Å². The van der Waals surface area contributed by atoms with E-state index in [1.165, 1.54) is 13.2 Å². The van der Waals surface area contributed by atoms with Crippen LogP contribution in [-0.4, -0.2) is 18.2 Å². The van der Waals surface area contributed by atoms with E-state index in [0.29, 0.717) is 5.56 Å². The molecule has 0 amide bonds. The number of ether oxygens (including phenoxy) is 1. The molecule has 0 aliphatic carbocycles. The molecule has 1 aromatic carbocycles. The Morgan fingerprint density at radius 2 is 2.20 bits per heavy atom. The zero-order valence-corrected chi connectivity index (χ0v) is 8.04. The molecule has 0 heterocycles. The third-order valence-corrected chi connectivity index (χ3v) is 1.87. The van der Waals surface area contributed by atoms with Gasteiger partial charge in [-0.3, -0.25) is 0 Å². The third kappa shape index (κ3) is 2.50. The first-order valence-corrected chi connectivity index (χ1v) is 4.18. The van der Waals surface area contributed by atoms with Crippen molar-refractivity contribution in [2.45, 2.75) is 12.5 Å². The summed E-state index contributed by atoms with van der Waals surface area (Å²) in [5.74, 6) is -6.01. The minimum absolute atomic E-state index is 0.170. The molecular weight excluding hydrogens is 206 g/mol. The first kappa shape index (κ1) is 11.6. The molecule has 82 valence electrons. The highest BCUT2D eigenvalue weighted by molar-refractivity contribution is 5.77. The second-order valence-electron chi connectivity index (χ2n) is 3.01. The highest BCUT2D eigenvalue weighted by Gasteiger charge is 2.40. The standard InChI is InChI=1S/C10H10F2O3/c1-15-6-7-3-2-4-8(5-7)10(11,12)9(13)14/h2-5H,6H2,1H3,(H,13,14). The van der Waals surface area contributed by atoms with E-state index in [0.717, 1.165) is 12.1 Å². The Kier molecular flexibility index (Phi) is 3.36. The fraction of sp³-hybridized carbons (Fsp3) is 0.300. The molecule has 1 N–H and O–H groups in total. The Balaban J connectivity index is 3.04. The second kappa shape index (κ2) is 4.35. The maximum Gasteiger partial charge on any atom is 0.379 e. The highest BCUT2D eigenvalue weighted by Crippen LogP contribution is 2.28. The van der Waals surface area contributed by atoms with Crippen LogP contribution in [0.15, 0.2) is 24.3 Å². The van der Waals surface area contributed by atoms with Crippen molar-refractivity contribution in [3.63, 3.8) is 0 Å². The van der Waals surface area contributed by atoms with Crippen LogP contribution in [0.25, 0.3) is 0 Å². The van der Waals surface area contributed by atoms with Gasteiger partial charge in [-0.2, -0.15) is 8.78 Å². The molecule has 1 rings (SSSR count). The molecule has 0 saturated carbocycles. The summed E-state index contributed by atoms with van der Waals surface area (Å²) in [6.07, 6.45) is 0. The van der Waals surface area contributed by atoms with Gasteiger partial charge in [0.05, 0.1) is 6.61 Å². The quantitative estimate of drug-likeness (QED) is 0.837. The second-order valence-corrected chi connectivity index (χ2v) is 3.01. The van der Waals surface area contributed by atoms with E-state index in [1.54, 1.807) is 6.07 Å². The zero-order chi connectivity index (χ0) is 11.5. The molecular formula is C10H10F2O3. The number of hydrogen-bond donors (Lipinski definition) is 1. The van der Waals surface area contributed by atoms with E-state index in [1.807, 2.05) is 0 Å². The van der Waals surface area contributed by atoms with E-state index in [4.69, 9.17) is 9.84 Å². The van der Waals surface area contributed by atoms with Gasteiger partial charge in [0.2, 0.25) is 0 Å². The van der Waals surface area contributed by atoms with Gasteiger partial charge >= 0.3 is 11.9 Å². The molecule has 0 aromatic heterocycles. The summed E-state index contributed by atoms with van der Waals surface area (Å²) in [5.41, 5.74) is -0.0273. The summed E-state index contributed by atoms with van der Waals surface area (Å²) in [7, 11) is 1.43. The molecule has 0 saturated heterocycles. The summed E-state index contributed by atoms with van der Waals surface area (Å²) < 4.78 is 30.9. The van der Waals surface area contributed by atoms with E-state index < -0.39 is 17.5 Å². The van der Waals surface area contributed by atoms with Gasteiger partial charge in [-0.1, -0.05) is 18.2 Å².